The summed E-state index contributed by atoms with van der Waals surface area (Å²) in [5.41, 5.74) is 2.12. The van der Waals surface area contributed by atoms with Crippen LogP contribution in [0, 0.1) is 0 Å². The Bertz CT molecular complexity index is 822. The average Bonchev–Trinajstić information content (AvgIpc) is 2.83. The summed E-state index contributed by atoms with van der Waals surface area (Å²) in [6.07, 6.45) is 0. The van der Waals surface area contributed by atoms with Crippen molar-refractivity contribution in [3.63, 3.8) is 0 Å². The summed E-state index contributed by atoms with van der Waals surface area (Å²) in [5, 5.41) is 0. The van der Waals surface area contributed by atoms with Gasteiger partial charge in [-0.3, -0.25) is 4.21 Å². The monoisotopic (exact) mass is 327 g/mol. The van der Waals surface area contributed by atoms with Crippen molar-refractivity contribution in [2.24, 2.45) is 0 Å². The standard InChI is InChI=1S/C17H12O5S/c18-16-14(12-4-2-1-3-5-12)15(17(19)22-16)13-8-6-11(7-9-13)10-23(20)21/h1-9H,10H2,(H,20,21)/p-1. The van der Waals surface area contributed by atoms with Crippen molar-refractivity contribution < 1.29 is 23.1 Å². The van der Waals surface area contributed by atoms with Crippen LogP contribution in [-0.4, -0.2) is 20.7 Å². The molecule has 1 unspecified atom stereocenters. The van der Waals surface area contributed by atoms with Gasteiger partial charge in [-0.05, 0) is 16.7 Å². The van der Waals surface area contributed by atoms with Crippen molar-refractivity contribution in [1.82, 2.24) is 0 Å². The summed E-state index contributed by atoms with van der Waals surface area (Å²) in [4.78, 5) is 24.0. The Morgan fingerprint density at radius 1 is 0.826 bits per heavy atom. The molecule has 0 bridgehead atoms. The lowest BCUT2D eigenvalue weighted by molar-refractivity contribution is -0.149. The molecule has 0 aliphatic carbocycles. The second kappa shape index (κ2) is 6.28. The highest BCUT2D eigenvalue weighted by molar-refractivity contribution is 7.78. The molecule has 6 heteroatoms. The van der Waals surface area contributed by atoms with Gasteiger partial charge in [0.05, 0.1) is 11.1 Å². The van der Waals surface area contributed by atoms with Crippen LogP contribution in [0.4, 0.5) is 0 Å². The minimum Gasteiger partial charge on any atom is -0.772 e. The SMILES string of the molecule is O=C1OC(=O)C(c2ccc(CS(=O)[O-])cc2)=C1c1ccccc1. The zero-order valence-corrected chi connectivity index (χ0v) is 12.7. The Hall–Kier alpha value is -2.57. The van der Waals surface area contributed by atoms with Crippen LogP contribution in [0.5, 0.6) is 0 Å². The molecule has 0 amide bonds. The smallest absolute Gasteiger partial charge is 0.347 e. The highest BCUT2D eigenvalue weighted by atomic mass is 32.2. The third-order valence-corrected chi connectivity index (χ3v) is 4.00. The summed E-state index contributed by atoms with van der Waals surface area (Å²) < 4.78 is 26.2. The summed E-state index contributed by atoms with van der Waals surface area (Å²) >= 11 is -2.18. The van der Waals surface area contributed by atoms with Crippen LogP contribution in [0.15, 0.2) is 54.6 Å². The molecule has 3 rings (SSSR count). The van der Waals surface area contributed by atoms with E-state index in [-0.39, 0.29) is 16.9 Å². The summed E-state index contributed by atoms with van der Waals surface area (Å²) in [7, 11) is 0. The second-order valence-electron chi connectivity index (χ2n) is 4.94. The molecule has 1 aliphatic rings. The molecule has 0 saturated carbocycles. The fourth-order valence-electron chi connectivity index (χ4n) is 2.42. The molecule has 5 nitrogen and oxygen atoms in total. The molecule has 116 valence electrons. The predicted molar refractivity (Wildman–Crippen MR) is 83.4 cm³/mol. The average molecular weight is 327 g/mol. The molecular weight excluding hydrogens is 316 g/mol. The zero-order chi connectivity index (χ0) is 16.4. The van der Waals surface area contributed by atoms with E-state index in [4.69, 9.17) is 4.74 Å². The van der Waals surface area contributed by atoms with Gasteiger partial charge in [0.15, 0.2) is 0 Å². The third-order valence-electron chi connectivity index (χ3n) is 3.43. The van der Waals surface area contributed by atoms with E-state index < -0.39 is 23.0 Å². The van der Waals surface area contributed by atoms with Crippen LogP contribution < -0.4 is 0 Å². The number of rotatable bonds is 4. The molecule has 0 saturated heterocycles. The molecule has 1 heterocycles. The molecule has 0 spiro atoms. The fourth-order valence-corrected chi connectivity index (χ4v) is 2.89. The van der Waals surface area contributed by atoms with Gasteiger partial charge in [0.2, 0.25) is 0 Å². The zero-order valence-electron chi connectivity index (χ0n) is 11.9. The molecule has 0 fully saturated rings. The Kier molecular flexibility index (Phi) is 4.18. The van der Waals surface area contributed by atoms with E-state index >= 15 is 0 Å². The molecule has 0 N–H and O–H groups in total. The molecule has 1 aliphatic heterocycles. The van der Waals surface area contributed by atoms with Crippen molar-refractivity contribution >= 4 is 34.2 Å². The van der Waals surface area contributed by atoms with Gasteiger partial charge in [0.25, 0.3) is 0 Å². The number of hydrogen-bond acceptors (Lipinski definition) is 5. The topological polar surface area (TPSA) is 83.5 Å². The van der Waals surface area contributed by atoms with E-state index in [2.05, 4.69) is 0 Å². The molecule has 1 atom stereocenters. The predicted octanol–water partition coefficient (Wildman–Crippen LogP) is 2.06. The second-order valence-corrected chi connectivity index (χ2v) is 5.83. The first-order chi connectivity index (χ1) is 11.1. The lowest BCUT2D eigenvalue weighted by atomic mass is 9.96. The van der Waals surface area contributed by atoms with Gasteiger partial charge in [0, 0.05) is 5.75 Å². The number of esters is 2. The third kappa shape index (κ3) is 3.13. The van der Waals surface area contributed by atoms with Crippen molar-refractivity contribution in [3.05, 3.63) is 71.3 Å². The quantitative estimate of drug-likeness (QED) is 0.487. The van der Waals surface area contributed by atoms with Crippen LogP contribution in [0.2, 0.25) is 0 Å². The van der Waals surface area contributed by atoms with E-state index in [1.807, 2.05) is 6.07 Å². The van der Waals surface area contributed by atoms with E-state index in [1.165, 1.54) is 0 Å². The van der Waals surface area contributed by atoms with Crippen LogP contribution in [0.1, 0.15) is 16.7 Å². The van der Waals surface area contributed by atoms with E-state index in [1.54, 1.807) is 48.5 Å². The first-order valence-electron chi connectivity index (χ1n) is 6.77. The maximum absolute atomic E-state index is 12.0. The maximum atomic E-state index is 12.0. The minimum absolute atomic E-state index is 0.103. The summed E-state index contributed by atoms with van der Waals surface area (Å²) in [6, 6.07) is 15.2. The van der Waals surface area contributed by atoms with Crippen molar-refractivity contribution in [1.29, 1.82) is 0 Å². The van der Waals surface area contributed by atoms with Crippen molar-refractivity contribution in [2.75, 3.05) is 0 Å². The number of carbonyl (C=O) groups excluding carboxylic acids is 2. The maximum Gasteiger partial charge on any atom is 0.347 e. The van der Waals surface area contributed by atoms with Gasteiger partial charge in [-0.15, -0.1) is 0 Å². The Labute approximate surface area is 134 Å². The Balaban J connectivity index is 2.07. The summed E-state index contributed by atoms with van der Waals surface area (Å²) in [6.45, 7) is 0. The molecule has 0 radical (unpaired) electrons. The van der Waals surface area contributed by atoms with Crippen LogP contribution >= 0.6 is 0 Å². The van der Waals surface area contributed by atoms with E-state index in [9.17, 15) is 18.4 Å². The Morgan fingerprint density at radius 2 is 1.35 bits per heavy atom. The number of hydrogen-bond donors (Lipinski definition) is 0. The lowest BCUT2D eigenvalue weighted by Gasteiger charge is -2.07. The van der Waals surface area contributed by atoms with Gasteiger partial charge in [-0.25, -0.2) is 9.59 Å². The van der Waals surface area contributed by atoms with Gasteiger partial charge < -0.3 is 9.29 Å². The van der Waals surface area contributed by atoms with Crippen molar-refractivity contribution in [3.8, 4) is 0 Å². The normalized spacial score (nSPS) is 15.7. The molecule has 2 aromatic carbocycles. The summed E-state index contributed by atoms with van der Waals surface area (Å²) in [5.74, 6) is -1.48. The van der Waals surface area contributed by atoms with Gasteiger partial charge in [-0.2, -0.15) is 0 Å². The number of carbonyl (C=O) groups is 2. The number of benzene rings is 2. The van der Waals surface area contributed by atoms with E-state index in [0.29, 0.717) is 16.7 Å². The van der Waals surface area contributed by atoms with Crippen LogP contribution in [0.3, 0.4) is 0 Å². The minimum atomic E-state index is -2.18. The highest BCUT2D eigenvalue weighted by Gasteiger charge is 2.34. The molecular formula is C17H11O5S-. The lowest BCUT2D eigenvalue weighted by Crippen LogP contribution is -2.02. The van der Waals surface area contributed by atoms with Gasteiger partial charge >= 0.3 is 11.9 Å². The Morgan fingerprint density at radius 3 is 1.87 bits per heavy atom. The highest BCUT2D eigenvalue weighted by Crippen LogP contribution is 2.33. The molecule has 0 aromatic heterocycles. The van der Waals surface area contributed by atoms with Gasteiger partial charge in [-0.1, -0.05) is 65.7 Å². The molecule has 2 aromatic rings. The number of ether oxygens (including phenoxy) is 1. The van der Waals surface area contributed by atoms with Crippen molar-refractivity contribution in [2.45, 2.75) is 5.75 Å². The first kappa shape index (κ1) is 15.3. The fraction of sp³-hybridized carbons (Fsp3) is 0.0588. The van der Waals surface area contributed by atoms with Crippen LogP contribution in [-0.2, 0) is 31.2 Å². The first-order valence-corrected chi connectivity index (χ1v) is 8.02. The molecule has 23 heavy (non-hydrogen) atoms. The number of cyclic esters (lactones) is 2. The largest absolute Gasteiger partial charge is 0.772 e. The van der Waals surface area contributed by atoms with Gasteiger partial charge in [0.1, 0.15) is 0 Å². The van der Waals surface area contributed by atoms with Crippen LogP contribution in [0.25, 0.3) is 11.1 Å². The van der Waals surface area contributed by atoms with E-state index in [0.717, 1.165) is 0 Å².